The third-order valence-corrected chi connectivity index (χ3v) is 4.13. The topological polar surface area (TPSA) is 43.2 Å². The Morgan fingerprint density at radius 2 is 2.11 bits per heavy atom. The van der Waals surface area contributed by atoms with Crippen molar-refractivity contribution in [2.24, 2.45) is 0 Å². The summed E-state index contributed by atoms with van der Waals surface area (Å²) in [6.07, 6.45) is 1.94. The van der Waals surface area contributed by atoms with Crippen LogP contribution >= 0.6 is 27.3 Å². The van der Waals surface area contributed by atoms with E-state index in [0.29, 0.717) is 0 Å². The van der Waals surface area contributed by atoms with Crippen LogP contribution in [0.1, 0.15) is 5.82 Å². The largest absolute Gasteiger partial charge is 0.378 e. The predicted octanol–water partition coefficient (Wildman–Crippen LogP) is 2.24. The molecule has 5 nitrogen and oxygen atoms in total. The molecule has 1 aliphatic rings. The molecule has 0 radical (unpaired) electrons. The van der Waals surface area contributed by atoms with Crippen molar-refractivity contribution in [2.45, 2.75) is 6.92 Å². The second-order valence-electron chi connectivity index (χ2n) is 4.07. The number of aryl methyl sites for hydroxylation is 1. The quantitative estimate of drug-likeness (QED) is 0.848. The number of hydrogen-bond donors (Lipinski definition) is 0. The summed E-state index contributed by atoms with van der Waals surface area (Å²) in [7, 11) is 0. The fourth-order valence-electron chi connectivity index (χ4n) is 1.94. The van der Waals surface area contributed by atoms with Crippen molar-refractivity contribution in [2.75, 3.05) is 31.2 Å². The van der Waals surface area contributed by atoms with E-state index in [0.717, 1.165) is 47.7 Å². The van der Waals surface area contributed by atoms with Gasteiger partial charge in [-0.2, -0.15) is 0 Å². The normalized spacial score (nSPS) is 16.2. The third-order valence-electron chi connectivity index (χ3n) is 2.86. The summed E-state index contributed by atoms with van der Waals surface area (Å²) in [5.74, 6) is 1.86. The lowest BCUT2D eigenvalue weighted by molar-refractivity contribution is 0.122. The monoisotopic (exact) mass is 328 g/mol. The molecule has 0 unspecified atom stereocenters. The molecule has 7 heteroatoms. The van der Waals surface area contributed by atoms with Gasteiger partial charge < -0.3 is 9.64 Å². The first-order chi connectivity index (χ1) is 8.74. The SMILES string of the molecule is Cc1nc(Br)cn1-c1csc(N2CCOCC2)n1. The van der Waals surface area contributed by atoms with Gasteiger partial charge in [-0.3, -0.25) is 4.57 Å². The number of anilines is 1. The fraction of sp³-hybridized carbons (Fsp3) is 0.455. The van der Waals surface area contributed by atoms with Crippen LogP contribution < -0.4 is 4.90 Å². The summed E-state index contributed by atoms with van der Waals surface area (Å²) < 4.78 is 8.17. The number of aromatic nitrogens is 3. The number of thiazole rings is 1. The summed E-state index contributed by atoms with van der Waals surface area (Å²) in [4.78, 5) is 11.3. The Kier molecular flexibility index (Phi) is 3.36. The Morgan fingerprint density at radius 3 is 2.78 bits per heavy atom. The minimum Gasteiger partial charge on any atom is -0.378 e. The lowest BCUT2D eigenvalue weighted by atomic mass is 10.5. The minimum atomic E-state index is 0.782. The zero-order chi connectivity index (χ0) is 12.5. The highest BCUT2D eigenvalue weighted by Gasteiger charge is 2.16. The highest BCUT2D eigenvalue weighted by atomic mass is 79.9. The molecule has 96 valence electrons. The van der Waals surface area contributed by atoms with Gasteiger partial charge in [0.25, 0.3) is 0 Å². The molecule has 0 saturated carbocycles. The van der Waals surface area contributed by atoms with Crippen LogP contribution in [0.3, 0.4) is 0 Å². The number of morpholine rings is 1. The number of imidazole rings is 1. The second-order valence-corrected chi connectivity index (χ2v) is 5.72. The predicted molar refractivity (Wildman–Crippen MR) is 74.7 cm³/mol. The van der Waals surface area contributed by atoms with E-state index in [1.165, 1.54) is 0 Å². The van der Waals surface area contributed by atoms with Crippen molar-refractivity contribution in [3.05, 3.63) is 22.0 Å². The zero-order valence-electron chi connectivity index (χ0n) is 9.97. The molecule has 0 atom stereocenters. The van der Waals surface area contributed by atoms with Crippen molar-refractivity contribution >= 4 is 32.4 Å². The summed E-state index contributed by atoms with van der Waals surface area (Å²) in [5.41, 5.74) is 0. The molecular weight excluding hydrogens is 316 g/mol. The first-order valence-electron chi connectivity index (χ1n) is 5.74. The van der Waals surface area contributed by atoms with Gasteiger partial charge in [-0.1, -0.05) is 0 Å². The van der Waals surface area contributed by atoms with Crippen LogP contribution in [0.25, 0.3) is 5.82 Å². The molecule has 1 saturated heterocycles. The van der Waals surface area contributed by atoms with Crippen LogP contribution in [-0.2, 0) is 4.74 Å². The van der Waals surface area contributed by atoms with Crippen LogP contribution in [0.15, 0.2) is 16.2 Å². The smallest absolute Gasteiger partial charge is 0.187 e. The van der Waals surface area contributed by atoms with Gasteiger partial charge in [0, 0.05) is 24.7 Å². The van der Waals surface area contributed by atoms with Gasteiger partial charge in [0.2, 0.25) is 0 Å². The third kappa shape index (κ3) is 2.30. The lowest BCUT2D eigenvalue weighted by Crippen LogP contribution is -2.36. The van der Waals surface area contributed by atoms with Crippen molar-refractivity contribution < 1.29 is 4.74 Å². The van der Waals surface area contributed by atoms with Gasteiger partial charge in [0.15, 0.2) is 10.9 Å². The molecule has 1 aliphatic heterocycles. The highest BCUT2D eigenvalue weighted by molar-refractivity contribution is 9.10. The molecule has 2 aromatic heterocycles. The van der Waals surface area contributed by atoms with Crippen LogP contribution in [0.5, 0.6) is 0 Å². The summed E-state index contributed by atoms with van der Waals surface area (Å²) >= 11 is 5.04. The van der Waals surface area contributed by atoms with Crippen LogP contribution in [-0.4, -0.2) is 40.8 Å². The van der Waals surface area contributed by atoms with Gasteiger partial charge in [-0.25, -0.2) is 9.97 Å². The van der Waals surface area contributed by atoms with Crippen molar-refractivity contribution in [3.63, 3.8) is 0 Å². The lowest BCUT2D eigenvalue weighted by Gasteiger charge is -2.25. The van der Waals surface area contributed by atoms with Crippen LogP contribution in [0, 0.1) is 6.92 Å². The molecule has 2 aromatic rings. The Bertz CT molecular complexity index is 547. The van der Waals surface area contributed by atoms with Gasteiger partial charge in [-0.05, 0) is 22.9 Å². The Hall–Kier alpha value is -0.920. The van der Waals surface area contributed by atoms with E-state index in [1.54, 1.807) is 11.3 Å². The molecule has 0 bridgehead atoms. The number of rotatable bonds is 2. The van der Waals surface area contributed by atoms with E-state index in [9.17, 15) is 0 Å². The molecule has 0 aromatic carbocycles. The molecule has 3 rings (SSSR count). The van der Waals surface area contributed by atoms with Crippen LogP contribution in [0.2, 0.25) is 0 Å². The van der Waals surface area contributed by atoms with Crippen LogP contribution in [0.4, 0.5) is 5.13 Å². The van der Waals surface area contributed by atoms with E-state index in [1.807, 2.05) is 17.7 Å². The van der Waals surface area contributed by atoms with E-state index in [2.05, 4.69) is 36.2 Å². The Labute approximate surface area is 118 Å². The minimum absolute atomic E-state index is 0.782. The summed E-state index contributed by atoms with van der Waals surface area (Å²) in [5, 5.41) is 3.11. The van der Waals surface area contributed by atoms with Gasteiger partial charge in [-0.15, -0.1) is 11.3 Å². The maximum Gasteiger partial charge on any atom is 0.187 e. The maximum atomic E-state index is 5.35. The first-order valence-corrected chi connectivity index (χ1v) is 7.41. The fourth-order valence-corrected chi connectivity index (χ4v) is 3.25. The average molecular weight is 329 g/mol. The van der Waals surface area contributed by atoms with Gasteiger partial charge >= 0.3 is 0 Å². The molecule has 18 heavy (non-hydrogen) atoms. The van der Waals surface area contributed by atoms with Gasteiger partial charge in [0.05, 0.1) is 13.2 Å². The summed E-state index contributed by atoms with van der Waals surface area (Å²) in [6.45, 7) is 5.37. The van der Waals surface area contributed by atoms with Crippen molar-refractivity contribution in [1.29, 1.82) is 0 Å². The number of halogens is 1. The molecule has 0 N–H and O–H groups in total. The van der Waals surface area contributed by atoms with E-state index >= 15 is 0 Å². The Balaban J connectivity index is 1.86. The molecule has 0 aliphatic carbocycles. The van der Waals surface area contributed by atoms with E-state index in [-0.39, 0.29) is 0 Å². The number of nitrogens with zero attached hydrogens (tertiary/aromatic N) is 4. The Morgan fingerprint density at radius 1 is 1.33 bits per heavy atom. The molecule has 1 fully saturated rings. The standard InChI is InChI=1S/C11H13BrN4OS/c1-8-13-9(12)6-16(8)10-7-18-11(14-10)15-2-4-17-5-3-15/h6-7H,2-5H2,1H3. The molecule has 0 spiro atoms. The second kappa shape index (κ2) is 4.99. The summed E-state index contributed by atoms with van der Waals surface area (Å²) in [6, 6.07) is 0. The maximum absolute atomic E-state index is 5.35. The van der Waals surface area contributed by atoms with Crippen molar-refractivity contribution in [3.8, 4) is 5.82 Å². The van der Waals surface area contributed by atoms with Crippen molar-refractivity contribution in [1.82, 2.24) is 14.5 Å². The molecule has 0 amide bonds. The van der Waals surface area contributed by atoms with E-state index in [4.69, 9.17) is 4.74 Å². The molecular formula is C11H13BrN4OS. The molecule has 3 heterocycles. The van der Waals surface area contributed by atoms with E-state index < -0.39 is 0 Å². The number of hydrogen-bond acceptors (Lipinski definition) is 5. The van der Waals surface area contributed by atoms with Gasteiger partial charge in [0.1, 0.15) is 10.4 Å². The zero-order valence-corrected chi connectivity index (χ0v) is 12.4. The first kappa shape index (κ1) is 12.1. The highest BCUT2D eigenvalue weighted by Crippen LogP contribution is 2.25. The average Bonchev–Trinajstić information content (AvgIpc) is 2.97. The number of ether oxygens (including phenoxy) is 1.